The molecule has 1 atom stereocenters. The van der Waals surface area contributed by atoms with Crippen LogP contribution in [-0.2, 0) is 19.2 Å². The van der Waals surface area contributed by atoms with Gasteiger partial charge >= 0.3 is 18.0 Å². The molecule has 0 fully saturated rings. The second kappa shape index (κ2) is 8.85. The Morgan fingerprint density at radius 2 is 1.77 bits per heavy atom. The topological polar surface area (TPSA) is 120 Å². The molecule has 9 heteroatoms. The van der Waals surface area contributed by atoms with Crippen LogP contribution in [0.4, 0.5) is 4.79 Å². The minimum atomic E-state index is -1.16. The van der Waals surface area contributed by atoms with Gasteiger partial charge in [-0.25, -0.2) is 14.4 Å². The zero-order valence-corrected chi connectivity index (χ0v) is 13.5. The van der Waals surface area contributed by atoms with Crippen LogP contribution in [-0.4, -0.2) is 58.8 Å². The average molecular weight is 317 g/mol. The van der Waals surface area contributed by atoms with Crippen LogP contribution in [0.5, 0.6) is 0 Å². The molecule has 2 N–H and O–H groups in total. The third kappa shape index (κ3) is 5.23. The highest BCUT2D eigenvalue weighted by atomic mass is 16.8. The largest absolute Gasteiger partial charge is 0.480 e. The van der Waals surface area contributed by atoms with Gasteiger partial charge in [0.25, 0.3) is 0 Å². The molecule has 0 rings (SSSR count). The van der Waals surface area contributed by atoms with E-state index < -0.39 is 36.0 Å². The third-order valence-corrected chi connectivity index (χ3v) is 2.75. The molecule has 126 valence electrons. The van der Waals surface area contributed by atoms with Crippen molar-refractivity contribution in [2.75, 3.05) is 13.7 Å². The summed E-state index contributed by atoms with van der Waals surface area (Å²) in [7, 11) is 1.32. The quantitative estimate of drug-likeness (QED) is 0.445. The van der Waals surface area contributed by atoms with Gasteiger partial charge in [0.05, 0.1) is 12.5 Å². The Kier molecular flexibility index (Phi) is 7.92. The number of likely N-dealkylation sites (N-methyl/N-ethyl adjacent to an activating group) is 1. The summed E-state index contributed by atoms with van der Waals surface area (Å²) in [5, 5.41) is 17.4. The molecule has 0 bridgehead atoms. The Bertz CT molecular complexity index is 437. The number of carboxylic acid groups (broad SMARTS) is 1. The van der Waals surface area contributed by atoms with Gasteiger partial charge in [0, 0.05) is 7.05 Å². The van der Waals surface area contributed by atoms with Crippen molar-refractivity contribution in [1.29, 1.82) is 5.41 Å². The molecule has 9 nitrogen and oxygen atoms in total. The number of hydrogen-bond acceptors (Lipinski definition) is 6. The fourth-order valence-electron chi connectivity index (χ4n) is 1.45. The highest BCUT2D eigenvalue weighted by Gasteiger charge is 2.33. The van der Waals surface area contributed by atoms with E-state index in [4.69, 9.17) is 20.1 Å². The highest BCUT2D eigenvalue weighted by molar-refractivity contribution is 5.94. The molecule has 0 aliphatic heterocycles. The molecule has 22 heavy (non-hydrogen) atoms. The van der Waals surface area contributed by atoms with E-state index in [1.807, 2.05) is 0 Å². The van der Waals surface area contributed by atoms with Crippen molar-refractivity contribution in [3.8, 4) is 0 Å². The molecule has 0 saturated carbocycles. The van der Waals surface area contributed by atoms with Gasteiger partial charge in [0.15, 0.2) is 0 Å². The number of carboxylic acids is 1. The molecule has 0 saturated heterocycles. The number of nitrogens with one attached hydrogen (secondary N) is 1. The number of carbonyl (C=O) groups excluding carboxylic acids is 2. The van der Waals surface area contributed by atoms with Crippen LogP contribution in [0.15, 0.2) is 0 Å². The summed E-state index contributed by atoms with van der Waals surface area (Å²) in [4.78, 5) is 40.5. The molecule has 1 unspecified atom stereocenters. The van der Waals surface area contributed by atoms with Crippen molar-refractivity contribution in [3.63, 3.8) is 0 Å². The fraction of sp³-hybridized carbons (Fsp3) is 0.692. The monoisotopic (exact) mass is 317 g/mol. The number of rotatable bonds is 5. The van der Waals surface area contributed by atoms with E-state index in [0.29, 0.717) is 5.06 Å². The smallest absolute Gasteiger partial charge is 0.451 e. The molecule has 0 radical (unpaired) electrons. The number of carbonyl (C=O) groups is 3. The first-order valence-electron chi connectivity index (χ1n) is 6.90. The predicted molar refractivity (Wildman–Crippen MR) is 77.0 cm³/mol. The minimum Gasteiger partial charge on any atom is -0.480 e. The number of hydroxylamine groups is 2. The van der Waals surface area contributed by atoms with Crippen LogP contribution >= 0.6 is 0 Å². The Labute approximate surface area is 129 Å². The van der Waals surface area contributed by atoms with E-state index in [-0.39, 0.29) is 13.0 Å². The van der Waals surface area contributed by atoms with Crippen LogP contribution < -0.4 is 0 Å². The van der Waals surface area contributed by atoms with Crippen LogP contribution in [0.2, 0.25) is 0 Å². The minimum absolute atomic E-state index is 0.0156. The van der Waals surface area contributed by atoms with E-state index in [1.54, 1.807) is 27.7 Å². The van der Waals surface area contributed by atoms with Crippen molar-refractivity contribution >= 4 is 24.0 Å². The SMILES string of the molecule is CCOC(=O)N(OC(=O)C(C)C)C(=N)N(C)C(CC)C(=O)O. The predicted octanol–water partition coefficient (Wildman–Crippen LogP) is 1.29. The lowest BCUT2D eigenvalue weighted by Crippen LogP contribution is -2.52. The molecule has 0 aromatic heterocycles. The van der Waals surface area contributed by atoms with Crippen molar-refractivity contribution < 1.29 is 29.1 Å². The number of nitrogens with zero attached hydrogens (tertiary/aromatic N) is 2. The summed E-state index contributed by atoms with van der Waals surface area (Å²) in [6.45, 7) is 6.31. The maximum Gasteiger partial charge on any atom is 0.451 e. The number of guanidine groups is 1. The van der Waals surface area contributed by atoms with E-state index >= 15 is 0 Å². The van der Waals surface area contributed by atoms with Gasteiger partial charge in [-0.05, 0) is 13.3 Å². The normalized spacial score (nSPS) is 11.5. The summed E-state index contributed by atoms with van der Waals surface area (Å²) in [5.41, 5.74) is 0. The van der Waals surface area contributed by atoms with Gasteiger partial charge in [-0.1, -0.05) is 25.8 Å². The lowest BCUT2D eigenvalue weighted by atomic mass is 10.2. The molecule has 0 aromatic rings. The first-order chi connectivity index (χ1) is 10.2. The van der Waals surface area contributed by atoms with Gasteiger partial charge in [-0.15, -0.1) is 0 Å². The first kappa shape index (κ1) is 19.7. The third-order valence-electron chi connectivity index (χ3n) is 2.75. The Morgan fingerprint density at radius 3 is 2.14 bits per heavy atom. The molecule has 0 aliphatic rings. The second-order valence-corrected chi connectivity index (χ2v) is 4.76. The van der Waals surface area contributed by atoms with Gasteiger partial charge in [-0.3, -0.25) is 5.41 Å². The summed E-state index contributed by atoms with van der Waals surface area (Å²) in [5.74, 6) is -3.03. The number of aliphatic carboxylic acids is 1. The molecule has 0 aromatic carbocycles. The molecular weight excluding hydrogens is 294 g/mol. The number of amides is 1. The van der Waals surface area contributed by atoms with Crippen molar-refractivity contribution in [3.05, 3.63) is 0 Å². The second-order valence-electron chi connectivity index (χ2n) is 4.76. The molecule has 0 aliphatic carbocycles. The van der Waals surface area contributed by atoms with Crippen LogP contribution in [0, 0.1) is 11.3 Å². The van der Waals surface area contributed by atoms with Crippen LogP contribution in [0.25, 0.3) is 0 Å². The Hall–Kier alpha value is -2.32. The lowest BCUT2D eigenvalue weighted by molar-refractivity contribution is -0.173. The molecule has 0 spiro atoms. The van der Waals surface area contributed by atoms with E-state index in [0.717, 1.165) is 4.90 Å². The number of ether oxygens (including phenoxy) is 1. The molecule has 0 heterocycles. The zero-order valence-electron chi connectivity index (χ0n) is 13.5. The maximum atomic E-state index is 11.8. The standard InChI is InChI=1S/C13H23N3O6/c1-6-9(10(17)18)15(5)12(14)16(13(20)21-7-2)22-11(19)8(3)4/h8-9,14H,6-7H2,1-5H3,(H,17,18). The molecule has 1 amide bonds. The summed E-state index contributed by atoms with van der Waals surface area (Å²) < 4.78 is 4.72. The fourth-order valence-corrected chi connectivity index (χ4v) is 1.45. The summed E-state index contributed by atoms with van der Waals surface area (Å²) >= 11 is 0. The van der Waals surface area contributed by atoms with Crippen molar-refractivity contribution in [1.82, 2.24) is 9.96 Å². The average Bonchev–Trinajstić information content (AvgIpc) is 2.43. The van der Waals surface area contributed by atoms with E-state index in [1.165, 1.54) is 7.05 Å². The van der Waals surface area contributed by atoms with E-state index in [2.05, 4.69) is 0 Å². The van der Waals surface area contributed by atoms with Gasteiger partial charge in [0.2, 0.25) is 5.96 Å². The summed E-state index contributed by atoms with van der Waals surface area (Å²) in [6.07, 6.45) is -0.864. The molecular formula is C13H23N3O6. The Balaban J connectivity index is 5.30. The zero-order chi connectivity index (χ0) is 17.4. The van der Waals surface area contributed by atoms with Gasteiger partial charge in [-0.2, -0.15) is 0 Å². The van der Waals surface area contributed by atoms with Crippen molar-refractivity contribution in [2.24, 2.45) is 5.92 Å². The summed E-state index contributed by atoms with van der Waals surface area (Å²) in [6, 6.07) is -1.04. The lowest BCUT2D eigenvalue weighted by Gasteiger charge is -2.30. The van der Waals surface area contributed by atoms with Gasteiger partial charge in [0.1, 0.15) is 6.04 Å². The van der Waals surface area contributed by atoms with E-state index in [9.17, 15) is 14.4 Å². The van der Waals surface area contributed by atoms with Crippen LogP contribution in [0.3, 0.4) is 0 Å². The first-order valence-corrected chi connectivity index (χ1v) is 6.90. The van der Waals surface area contributed by atoms with Crippen LogP contribution in [0.1, 0.15) is 34.1 Å². The Morgan fingerprint density at radius 1 is 1.23 bits per heavy atom. The highest BCUT2D eigenvalue weighted by Crippen LogP contribution is 2.10. The van der Waals surface area contributed by atoms with Crippen molar-refractivity contribution in [2.45, 2.75) is 40.2 Å². The van der Waals surface area contributed by atoms with Gasteiger partial charge < -0.3 is 19.6 Å². The maximum absolute atomic E-state index is 11.8. The number of hydrogen-bond donors (Lipinski definition) is 2.